The first-order valence-electron chi connectivity index (χ1n) is 25.9. The van der Waals surface area contributed by atoms with Crippen molar-refractivity contribution < 1.29 is 28.6 Å². The summed E-state index contributed by atoms with van der Waals surface area (Å²) >= 11 is 0. The molecular formula is C52H100O6. The summed E-state index contributed by atoms with van der Waals surface area (Å²) in [5, 5.41) is 0. The van der Waals surface area contributed by atoms with Crippen LogP contribution in [0.3, 0.4) is 0 Å². The molecule has 344 valence electrons. The first-order chi connectivity index (χ1) is 28.4. The van der Waals surface area contributed by atoms with Gasteiger partial charge in [0.05, 0.1) is 0 Å². The van der Waals surface area contributed by atoms with Gasteiger partial charge in [0, 0.05) is 19.3 Å². The molecule has 0 fully saturated rings. The van der Waals surface area contributed by atoms with Gasteiger partial charge in [-0.2, -0.15) is 0 Å². The minimum Gasteiger partial charge on any atom is -0.462 e. The van der Waals surface area contributed by atoms with Crippen molar-refractivity contribution in [1.82, 2.24) is 0 Å². The molecule has 0 aromatic rings. The van der Waals surface area contributed by atoms with Crippen molar-refractivity contribution in [2.45, 2.75) is 297 Å². The first-order valence-corrected chi connectivity index (χ1v) is 25.9. The minimum absolute atomic E-state index is 0.0634. The summed E-state index contributed by atoms with van der Waals surface area (Å²) in [5.41, 5.74) is 0. The van der Waals surface area contributed by atoms with Gasteiger partial charge in [0.2, 0.25) is 0 Å². The molecule has 58 heavy (non-hydrogen) atoms. The Hall–Kier alpha value is -1.59. The van der Waals surface area contributed by atoms with E-state index in [4.69, 9.17) is 14.2 Å². The second-order valence-corrected chi connectivity index (χ2v) is 18.3. The molecule has 6 nitrogen and oxygen atoms in total. The number of carbonyl (C=O) groups excluding carboxylic acids is 3. The molecule has 0 aromatic heterocycles. The first kappa shape index (κ1) is 56.4. The van der Waals surface area contributed by atoms with Crippen molar-refractivity contribution in [3.05, 3.63) is 0 Å². The molecule has 0 aliphatic rings. The van der Waals surface area contributed by atoms with Gasteiger partial charge in [0.1, 0.15) is 13.2 Å². The topological polar surface area (TPSA) is 78.9 Å². The average molecular weight is 821 g/mol. The van der Waals surface area contributed by atoms with Crippen LogP contribution in [0.1, 0.15) is 291 Å². The molecule has 0 saturated heterocycles. The molecule has 0 aliphatic carbocycles. The van der Waals surface area contributed by atoms with Crippen molar-refractivity contribution in [2.24, 2.45) is 5.92 Å². The zero-order chi connectivity index (χ0) is 42.4. The average Bonchev–Trinajstić information content (AvgIpc) is 3.21. The van der Waals surface area contributed by atoms with E-state index < -0.39 is 6.10 Å². The molecule has 0 aromatic carbocycles. The van der Waals surface area contributed by atoms with Gasteiger partial charge in [-0.05, 0) is 25.2 Å². The van der Waals surface area contributed by atoms with Crippen LogP contribution >= 0.6 is 0 Å². The summed E-state index contributed by atoms with van der Waals surface area (Å²) < 4.78 is 16.7. The molecule has 0 saturated carbocycles. The number of ether oxygens (including phenoxy) is 3. The van der Waals surface area contributed by atoms with E-state index >= 15 is 0 Å². The molecule has 0 spiro atoms. The quantitative estimate of drug-likeness (QED) is 0.0346. The van der Waals surface area contributed by atoms with Crippen molar-refractivity contribution in [3.8, 4) is 0 Å². The van der Waals surface area contributed by atoms with Crippen LogP contribution in [-0.2, 0) is 28.6 Å². The van der Waals surface area contributed by atoms with E-state index in [1.807, 2.05) is 0 Å². The van der Waals surface area contributed by atoms with Gasteiger partial charge in [0.25, 0.3) is 0 Å². The monoisotopic (exact) mass is 821 g/mol. The van der Waals surface area contributed by atoms with Crippen LogP contribution in [0.15, 0.2) is 0 Å². The van der Waals surface area contributed by atoms with E-state index in [-0.39, 0.29) is 31.1 Å². The number of unbranched alkanes of at least 4 members (excludes halogenated alkanes) is 34. The lowest BCUT2D eigenvalue weighted by molar-refractivity contribution is -0.167. The number of hydrogen-bond acceptors (Lipinski definition) is 6. The Morgan fingerprint density at radius 3 is 0.845 bits per heavy atom. The molecule has 0 unspecified atom stereocenters. The summed E-state index contributed by atoms with van der Waals surface area (Å²) in [6, 6.07) is 0. The highest BCUT2D eigenvalue weighted by Gasteiger charge is 2.19. The Morgan fingerprint density at radius 2 is 0.569 bits per heavy atom. The lowest BCUT2D eigenvalue weighted by atomic mass is 10.0. The highest BCUT2D eigenvalue weighted by atomic mass is 16.6. The fourth-order valence-electron chi connectivity index (χ4n) is 7.86. The van der Waals surface area contributed by atoms with Gasteiger partial charge in [0.15, 0.2) is 6.10 Å². The Balaban J connectivity index is 4.19. The van der Waals surface area contributed by atoms with Crippen LogP contribution in [0, 0.1) is 5.92 Å². The molecule has 0 rings (SSSR count). The summed E-state index contributed by atoms with van der Waals surface area (Å²) in [6.07, 6.45) is 48.2. The van der Waals surface area contributed by atoms with Crippen molar-refractivity contribution in [1.29, 1.82) is 0 Å². The van der Waals surface area contributed by atoms with Crippen LogP contribution in [-0.4, -0.2) is 37.2 Å². The Kier molecular flexibility index (Phi) is 45.2. The fourth-order valence-corrected chi connectivity index (χ4v) is 7.86. The number of rotatable bonds is 47. The van der Waals surface area contributed by atoms with Crippen LogP contribution in [0.4, 0.5) is 0 Å². The maximum atomic E-state index is 12.8. The number of hydrogen-bond donors (Lipinski definition) is 0. The summed E-state index contributed by atoms with van der Waals surface area (Å²) in [7, 11) is 0. The zero-order valence-corrected chi connectivity index (χ0v) is 39.5. The second kappa shape index (κ2) is 46.5. The largest absolute Gasteiger partial charge is 0.462 e. The molecule has 0 aliphatic heterocycles. The third kappa shape index (κ3) is 45.5. The summed E-state index contributed by atoms with van der Waals surface area (Å²) in [6.45, 7) is 8.99. The normalized spacial score (nSPS) is 11.9. The third-order valence-electron chi connectivity index (χ3n) is 11.8. The minimum atomic E-state index is -0.759. The lowest BCUT2D eigenvalue weighted by Gasteiger charge is -2.18. The van der Waals surface area contributed by atoms with E-state index in [9.17, 15) is 14.4 Å². The zero-order valence-electron chi connectivity index (χ0n) is 39.5. The fraction of sp³-hybridized carbons (Fsp3) is 0.942. The highest BCUT2D eigenvalue weighted by Crippen LogP contribution is 2.17. The van der Waals surface area contributed by atoms with Crippen LogP contribution in [0.25, 0.3) is 0 Å². The highest BCUT2D eigenvalue weighted by molar-refractivity contribution is 5.71. The molecule has 0 N–H and O–H groups in total. The Morgan fingerprint density at radius 1 is 0.328 bits per heavy atom. The van der Waals surface area contributed by atoms with Gasteiger partial charge in [-0.1, -0.05) is 252 Å². The van der Waals surface area contributed by atoms with Gasteiger partial charge < -0.3 is 14.2 Å². The molecular weight excluding hydrogens is 721 g/mol. The maximum Gasteiger partial charge on any atom is 0.306 e. The smallest absolute Gasteiger partial charge is 0.306 e. The molecule has 0 radical (unpaired) electrons. The second-order valence-electron chi connectivity index (χ2n) is 18.3. The third-order valence-corrected chi connectivity index (χ3v) is 11.8. The summed E-state index contributed by atoms with van der Waals surface area (Å²) in [4.78, 5) is 37.8. The van der Waals surface area contributed by atoms with E-state index in [1.54, 1.807) is 0 Å². The van der Waals surface area contributed by atoms with E-state index in [2.05, 4.69) is 27.7 Å². The van der Waals surface area contributed by atoms with Gasteiger partial charge in [-0.3, -0.25) is 14.4 Å². The molecule has 0 heterocycles. The Bertz CT molecular complexity index is 872. The molecule has 0 bridgehead atoms. The molecule has 0 amide bonds. The predicted molar refractivity (Wildman–Crippen MR) is 247 cm³/mol. The van der Waals surface area contributed by atoms with E-state index in [0.717, 1.165) is 63.7 Å². The Labute approximate surface area is 361 Å². The van der Waals surface area contributed by atoms with E-state index in [1.165, 1.54) is 186 Å². The molecule has 1 atom stereocenters. The summed E-state index contributed by atoms with van der Waals surface area (Å²) in [5.74, 6) is -0.0177. The maximum absolute atomic E-state index is 12.8. The number of carbonyl (C=O) groups is 3. The standard InChI is InChI=1S/C52H100O6/c1-5-7-9-11-13-14-15-16-17-18-19-20-21-26-29-33-37-41-45-52(55)58-49(46-56-50(53)43-39-35-30-12-10-8-6-2)47-57-51(54)44-40-36-32-28-25-23-22-24-27-31-34-38-42-48(3)4/h48-49H,5-47H2,1-4H3/t49-/m1/s1. The van der Waals surface area contributed by atoms with Crippen molar-refractivity contribution in [2.75, 3.05) is 13.2 Å². The number of esters is 3. The molecule has 6 heteroatoms. The lowest BCUT2D eigenvalue weighted by Crippen LogP contribution is -2.30. The van der Waals surface area contributed by atoms with Gasteiger partial charge >= 0.3 is 17.9 Å². The van der Waals surface area contributed by atoms with Crippen LogP contribution < -0.4 is 0 Å². The van der Waals surface area contributed by atoms with Gasteiger partial charge in [-0.25, -0.2) is 0 Å². The van der Waals surface area contributed by atoms with Crippen molar-refractivity contribution >= 4 is 17.9 Å². The van der Waals surface area contributed by atoms with E-state index in [0.29, 0.717) is 19.3 Å². The predicted octanol–water partition coefficient (Wildman–Crippen LogP) is 16.7. The van der Waals surface area contributed by atoms with Crippen LogP contribution in [0.2, 0.25) is 0 Å². The SMILES string of the molecule is CCCCCCCCCCCCCCCCCCCCC(=O)O[C@H](COC(=O)CCCCCCCCC)COC(=O)CCCCCCCCCCCCCCC(C)C. The van der Waals surface area contributed by atoms with Crippen LogP contribution in [0.5, 0.6) is 0 Å². The van der Waals surface area contributed by atoms with Gasteiger partial charge in [-0.15, -0.1) is 0 Å². The van der Waals surface area contributed by atoms with Crippen molar-refractivity contribution in [3.63, 3.8) is 0 Å².